The van der Waals surface area contributed by atoms with E-state index in [0.29, 0.717) is 12.1 Å². The van der Waals surface area contributed by atoms with Gasteiger partial charge in [0.2, 0.25) is 5.91 Å². The van der Waals surface area contributed by atoms with Gasteiger partial charge in [-0.25, -0.2) is 4.79 Å². The van der Waals surface area contributed by atoms with Crippen LogP contribution in [0.25, 0.3) is 0 Å². The van der Waals surface area contributed by atoms with Crippen molar-refractivity contribution < 1.29 is 14.3 Å². The van der Waals surface area contributed by atoms with Gasteiger partial charge in [-0.1, -0.05) is 18.2 Å². The maximum atomic E-state index is 12.2. The fraction of sp³-hybridized carbons (Fsp3) is 0.222. The van der Waals surface area contributed by atoms with Crippen molar-refractivity contribution in [3.63, 3.8) is 0 Å². The highest BCUT2D eigenvalue weighted by Gasteiger charge is 2.31. The Labute approximate surface area is 134 Å². The maximum Gasteiger partial charge on any atom is 0.337 e. The second-order valence-electron chi connectivity index (χ2n) is 5.34. The summed E-state index contributed by atoms with van der Waals surface area (Å²) in [7, 11) is 1.36. The fourth-order valence-corrected chi connectivity index (χ4v) is 2.80. The SMILES string of the molecule is COC(=O)c1ccc(N(c2ccccc2)C2CCNC2=O)cc1. The fourth-order valence-electron chi connectivity index (χ4n) is 2.80. The molecule has 0 saturated carbocycles. The van der Waals surface area contributed by atoms with Crippen LogP contribution in [0.4, 0.5) is 11.4 Å². The Bertz CT molecular complexity index is 698. The molecule has 23 heavy (non-hydrogen) atoms. The number of hydrogen-bond acceptors (Lipinski definition) is 4. The van der Waals surface area contributed by atoms with E-state index in [4.69, 9.17) is 4.74 Å². The van der Waals surface area contributed by atoms with Crippen LogP contribution in [0.15, 0.2) is 54.6 Å². The number of hydrogen-bond donors (Lipinski definition) is 1. The lowest BCUT2D eigenvalue weighted by Crippen LogP contribution is -2.37. The van der Waals surface area contributed by atoms with Gasteiger partial charge in [-0.15, -0.1) is 0 Å². The molecule has 5 nitrogen and oxygen atoms in total. The number of nitrogens with one attached hydrogen (secondary N) is 1. The third kappa shape index (κ3) is 3.04. The molecule has 0 aromatic heterocycles. The first-order valence-corrected chi connectivity index (χ1v) is 7.51. The molecule has 2 aromatic carbocycles. The van der Waals surface area contributed by atoms with Gasteiger partial charge in [0.05, 0.1) is 12.7 Å². The molecule has 1 heterocycles. The zero-order valence-corrected chi connectivity index (χ0v) is 12.9. The van der Waals surface area contributed by atoms with Gasteiger partial charge >= 0.3 is 5.97 Å². The van der Waals surface area contributed by atoms with E-state index >= 15 is 0 Å². The lowest BCUT2D eigenvalue weighted by molar-refractivity contribution is -0.120. The van der Waals surface area contributed by atoms with Crippen molar-refractivity contribution in [3.05, 3.63) is 60.2 Å². The highest BCUT2D eigenvalue weighted by Crippen LogP contribution is 2.30. The summed E-state index contributed by atoms with van der Waals surface area (Å²) < 4.78 is 4.72. The topological polar surface area (TPSA) is 58.6 Å². The lowest BCUT2D eigenvalue weighted by Gasteiger charge is -2.29. The Morgan fingerprint density at radius 3 is 2.30 bits per heavy atom. The smallest absolute Gasteiger partial charge is 0.337 e. The molecule has 1 aliphatic rings. The van der Waals surface area contributed by atoms with Crippen LogP contribution >= 0.6 is 0 Å². The van der Waals surface area contributed by atoms with Gasteiger partial charge in [0.25, 0.3) is 0 Å². The average Bonchev–Trinajstić information content (AvgIpc) is 3.02. The highest BCUT2D eigenvalue weighted by molar-refractivity contribution is 5.92. The molecule has 0 radical (unpaired) electrons. The number of anilines is 2. The van der Waals surface area contributed by atoms with Crippen molar-refractivity contribution in [1.82, 2.24) is 5.32 Å². The van der Waals surface area contributed by atoms with Crippen LogP contribution in [0, 0.1) is 0 Å². The Hall–Kier alpha value is -2.82. The first kappa shape index (κ1) is 15.1. The van der Waals surface area contributed by atoms with Crippen molar-refractivity contribution in [2.45, 2.75) is 12.5 Å². The maximum absolute atomic E-state index is 12.2. The lowest BCUT2D eigenvalue weighted by atomic mass is 10.1. The molecule has 0 bridgehead atoms. The van der Waals surface area contributed by atoms with E-state index in [0.717, 1.165) is 17.8 Å². The predicted molar refractivity (Wildman–Crippen MR) is 87.8 cm³/mol. The normalized spacial score (nSPS) is 16.7. The molecule has 1 unspecified atom stereocenters. The van der Waals surface area contributed by atoms with Gasteiger partial charge in [0.1, 0.15) is 6.04 Å². The van der Waals surface area contributed by atoms with Gasteiger partial charge < -0.3 is 15.0 Å². The van der Waals surface area contributed by atoms with Crippen LogP contribution in [-0.2, 0) is 9.53 Å². The quantitative estimate of drug-likeness (QED) is 0.882. The second-order valence-corrected chi connectivity index (χ2v) is 5.34. The minimum Gasteiger partial charge on any atom is -0.465 e. The number of carbonyl (C=O) groups is 2. The van der Waals surface area contributed by atoms with Crippen molar-refractivity contribution in [3.8, 4) is 0 Å². The van der Waals surface area contributed by atoms with Crippen LogP contribution in [0.2, 0.25) is 0 Å². The van der Waals surface area contributed by atoms with E-state index in [1.807, 2.05) is 47.4 Å². The number of carbonyl (C=O) groups excluding carboxylic acids is 2. The van der Waals surface area contributed by atoms with Crippen LogP contribution in [0.3, 0.4) is 0 Å². The zero-order valence-electron chi connectivity index (χ0n) is 12.9. The van der Waals surface area contributed by atoms with Crippen molar-refractivity contribution in [2.75, 3.05) is 18.6 Å². The monoisotopic (exact) mass is 310 g/mol. The summed E-state index contributed by atoms with van der Waals surface area (Å²) >= 11 is 0. The van der Waals surface area contributed by atoms with Gasteiger partial charge in [-0.3, -0.25) is 4.79 Å². The molecule has 1 aliphatic heterocycles. The molecule has 1 saturated heterocycles. The first-order chi connectivity index (χ1) is 11.2. The van der Waals surface area contributed by atoms with E-state index in [2.05, 4.69) is 5.32 Å². The molecule has 0 spiro atoms. The van der Waals surface area contributed by atoms with Gasteiger partial charge in [-0.05, 0) is 42.8 Å². The summed E-state index contributed by atoms with van der Waals surface area (Å²) in [4.78, 5) is 25.7. The number of ether oxygens (including phenoxy) is 1. The molecule has 5 heteroatoms. The Balaban J connectivity index is 1.98. The van der Waals surface area contributed by atoms with Gasteiger partial charge in [0, 0.05) is 17.9 Å². The molecule has 1 amide bonds. The largest absolute Gasteiger partial charge is 0.465 e. The van der Waals surface area contributed by atoms with E-state index in [9.17, 15) is 9.59 Å². The standard InChI is InChI=1S/C18H18N2O3/c1-23-18(22)13-7-9-15(10-8-13)20(14-5-3-2-4-6-14)16-11-12-19-17(16)21/h2-10,16H,11-12H2,1H3,(H,19,21). The van der Waals surface area contributed by atoms with Crippen molar-refractivity contribution in [1.29, 1.82) is 0 Å². The Morgan fingerprint density at radius 1 is 1.09 bits per heavy atom. The molecule has 1 N–H and O–H groups in total. The third-order valence-electron chi connectivity index (χ3n) is 3.93. The van der Waals surface area contributed by atoms with Gasteiger partial charge in [0.15, 0.2) is 0 Å². The number of benzene rings is 2. The number of esters is 1. The summed E-state index contributed by atoms with van der Waals surface area (Å²) in [6.07, 6.45) is 0.743. The molecule has 2 aromatic rings. The summed E-state index contributed by atoms with van der Waals surface area (Å²) in [6.45, 7) is 0.674. The Morgan fingerprint density at radius 2 is 1.74 bits per heavy atom. The summed E-state index contributed by atoms with van der Waals surface area (Å²) in [6, 6.07) is 16.6. The molecule has 118 valence electrons. The summed E-state index contributed by atoms with van der Waals surface area (Å²) in [5.74, 6) is -0.354. The van der Waals surface area contributed by atoms with Crippen molar-refractivity contribution in [2.24, 2.45) is 0 Å². The number of amides is 1. The zero-order chi connectivity index (χ0) is 16.2. The first-order valence-electron chi connectivity index (χ1n) is 7.51. The number of para-hydroxylation sites is 1. The van der Waals surface area contributed by atoms with Gasteiger partial charge in [-0.2, -0.15) is 0 Å². The second kappa shape index (κ2) is 6.52. The summed E-state index contributed by atoms with van der Waals surface area (Å²) in [5.41, 5.74) is 2.30. The minimum absolute atomic E-state index is 0.0193. The van der Waals surface area contributed by atoms with Crippen LogP contribution < -0.4 is 10.2 Å². The van der Waals surface area contributed by atoms with Crippen LogP contribution in [-0.4, -0.2) is 31.6 Å². The highest BCUT2D eigenvalue weighted by atomic mass is 16.5. The summed E-state index contributed by atoms with van der Waals surface area (Å²) in [5, 5.41) is 2.87. The van der Waals surface area contributed by atoms with E-state index in [-0.39, 0.29) is 17.9 Å². The molecule has 1 atom stereocenters. The number of nitrogens with zero attached hydrogens (tertiary/aromatic N) is 1. The molecular formula is C18H18N2O3. The number of rotatable bonds is 4. The number of methoxy groups -OCH3 is 1. The predicted octanol–water partition coefficient (Wildman–Crippen LogP) is 2.50. The van der Waals surface area contributed by atoms with Crippen LogP contribution in [0.5, 0.6) is 0 Å². The van der Waals surface area contributed by atoms with E-state index < -0.39 is 0 Å². The molecular weight excluding hydrogens is 292 g/mol. The molecule has 0 aliphatic carbocycles. The minimum atomic E-state index is -0.374. The van der Waals surface area contributed by atoms with Crippen LogP contribution in [0.1, 0.15) is 16.8 Å². The Kier molecular flexibility index (Phi) is 4.28. The van der Waals surface area contributed by atoms with Crippen molar-refractivity contribution >= 4 is 23.3 Å². The molecule has 1 fully saturated rings. The third-order valence-corrected chi connectivity index (χ3v) is 3.93. The van der Waals surface area contributed by atoms with E-state index in [1.54, 1.807) is 12.1 Å². The average molecular weight is 310 g/mol. The molecule has 3 rings (SSSR count). The van der Waals surface area contributed by atoms with E-state index in [1.165, 1.54) is 7.11 Å².